The van der Waals surface area contributed by atoms with Crippen molar-refractivity contribution in [2.24, 2.45) is 0 Å². The summed E-state index contributed by atoms with van der Waals surface area (Å²) in [6.45, 7) is 5.16. The van der Waals surface area contributed by atoms with Crippen LogP contribution in [0, 0.1) is 11.6 Å². The second kappa shape index (κ2) is 9.82. The fourth-order valence-electron chi connectivity index (χ4n) is 2.62. The van der Waals surface area contributed by atoms with E-state index in [0.717, 1.165) is 24.7 Å². The Bertz CT molecular complexity index is 482. The second-order valence-corrected chi connectivity index (χ2v) is 6.05. The number of hydrogen-bond acceptors (Lipinski definition) is 2. The quantitative estimate of drug-likeness (QED) is 0.813. The first-order chi connectivity index (χ1) is 10.6. The van der Waals surface area contributed by atoms with Crippen molar-refractivity contribution in [3.63, 3.8) is 0 Å². The summed E-state index contributed by atoms with van der Waals surface area (Å²) >= 11 is 1.68. The molecule has 1 aliphatic rings. The minimum Gasteiger partial charge on any atom is -0.341 e. The van der Waals surface area contributed by atoms with E-state index in [1.807, 2.05) is 20.1 Å². The van der Waals surface area contributed by atoms with Crippen LogP contribution in [0.1, 0.15) is 44.6 Å². The Balaban J connectivity index is 0.00000116. The Morgan fingerprint density at radius 2 is 2.05 bits per heavy atom. The van der Waals surface area contributed by atoms with Gasteiger partial charge >= 0.3 is 0 Å². The number of rotatable bonds is 4. The van der Waals surface area contributed by atoms with Crippen molar-refractivity contribution >= 4 is 17.7 Å². The average Bonchev–Trinajstić information content (AvgIpc) is 2.72. The molecular formula is C17H25F2NOS. The summed E-state index contributed by atoms with van der Waals surface area (Å²) in [4.78, 5) is 13.8. The maximum Gasteiger partial charge on any atom is 0.222 e. The van der Waals surface area contributed by atoms with E-state index in [-0.39, 0.29) is 11.8 Å². The minimum atomic E-state index is -0.811. The van der Waals surface area contributed by atoms with Crippen LogP contribution in [-0.2, 0) is 4.79 Å². The average molecular weight is 329 g/mol. The van der Waals surface area contributed by atoms with Crippen LogP contribution in [0.15, 0.2) is 18.2 Å². The Kier molecular flexibility index (Phi) is 8.46. The Morgan fingerprint density at radius 3 is 2.73 bits per heavy atom. The van der Waals surface area contributed by atoms with Gasteiger partial charge in [0.2, 0.25) is 5.91 Å². The molecule has 1 atom stereocenters. The number of amides is 1. The molecule has 0 aliphatic carbocycles. The summed E-state index contributed by atoms with van der Waals surface area (Å²) in [6, 6.07) is 4.30. The van der Waals surface area contributed by atoms with Gasteiger partial charge in [0.05, 0.1) is 0 Å². The van der Waals surface area contributed by atoms with Gasteiger partial charge in [0.25, 0.3) is 0 Å². The van der Waals surface area contributed by atoms with Gasteiger partial charge in [0.15, 0.2) is 11.6 Å². The van der Waals surface area contributed by atoms with Crippen molar-refractivity contribution in [1.82, 2.24) is 4.90 Å². The minimum absolute atomic E-state index is 0.112. The largest absolute Gasteiger partial charge is 0.341 e. The third-order valence-electron chi connectivity index (χ3n) is 3.72. The van der Waals surface area contributed by atoms with Gasteiger partial charge in [-0.3, -0.25) is 4.79 Å². The number of hydrogen-bond donors (Lipinski definition) is 0. The molecule has 1 saturated heterocycles. The van der Waals surface area contributed by atoms with E-state index in [2.05, 4.69) is 0 Å². The topological polar surface area (TPSA) is 20.3 Å². The summed E-state index contributed by atoms with van der Waals surface area (Å²) in [6.07, 6.45) is 3.95. The molecule has 0 radical (unpaired) electrons. The number of carbonyl (C=O) groups excluding carboxylic acids is 1. The van der Waals surface area contributed by atoms with Crippen molar-refractivity contribution < 1.29 is 13.6 Å². The van der Waals surface area contributed by atoms with Crippen LogP contribution in [0.3, 0.4) is 0 Å². The molecule has 1 fully saturated rings. The molecule has 0 aromatic heterocycles. The first kappa shape index (κ1) is 18.9. The first-order valence-corrected chi connectivity index (χ1v) is 9.23. The summed E-state index contributed by atoms with van der Waals surface area (Å²) in [5, 5.41) is 0. The molecule has 0 saturated carbocycles. The van der Waals surface area contributed by atoms with Crippen molar-refractivity contribution in [1.29, 1.82) is 0 Å². The Labute approximate surface area is 136 Å². The third kappa shape index (κ3) is 4.97. The highest BCUT2D eigenvalue weighted by Gasteiger charge is 2.26. The number of halogens is 2. The zero-order chi connectivity index (χ0) is 16.5. The standard InChI is InChI=1S/C15H19F2NOS.C2H6/c1-20-9-8-18-10-11(4-2-7-14(18)19)12-5-3-6-13(16)15(12)17;1-2/h3,5-6,11H,2,4,7-10H2,1H3;1-2H3/t11-;/m1./s1. The lowest BCUT2D eigenvalue weighted by molar-refractivity contribution is -0.130. The van der Waals surface area contributed by atoms with E-state index < -0.39 is 11.6 Å². The maximum absolute atomic E-state index is 13.9. The van der Waals surface area contributed by atoms with Gasteiger partial charge in [-0.15, -0.1) is 0 Å². The van der Waals surface area contributed by atoms with Crippen molar-refractivity contribution in [3.8, 4) is 0 Å². The molecule has 1 aromatic carbocycles. The molecule has 0 N–H and O–H groups in total. The first-order valence-electron chi connectivity index (χ1n) is 7.84. The fraction of sp³-hybridized carbons (Fsp3) is 0.588. The lowest BCUT2D eigenvalue weighted by atomic mass is 9.93. The predicted molar refractivity (Wildman–Crippen MR) is 89.3 cm³/mol. The molecule has 1 heterocycles. The second-order valence-electron chi connectivity index (χ2n) is 5.06. The highest BCUT2D eigenvalue weighted by molar-refractivity contribution is 7.98. The molecular weight excluding hydrogens is 304 g/mol. The van der Waals surface area contributed by atoms with E-state index in [9.17, 15) is 13.6 Å². The van der Waals surface area contributed by atoms with E-state index >= 15 is 0 Å². The number of carbonyl (C=O) groups is 1. The van der Waals surface area contributed by atoms with Gasteiger partial charge in [-0.2, -0.15) is 11.8 Å². The highest BCUT2D eigenvalue weighted by Crippen LogP contribution is 2.29. The summed E-state index contributed by atoms with van der Waals surface area (Å²) in [7, 11) is 0. The van der Waals surface area contributed by atoms with E-state index in [4.69, 9.17) is 0 Å². The maximum atomic E-state index is 13.9. The number of thioether (sulfide) groups is 1. The van der Waals surface area contributed by atoms with Crippen LogP contribution >= 0.6 is 11.8 Å². The van der Waals surface area contributed by atoms with Crippen LogP contribution in [0.5, 0.6) is 0 Å². The summed E-state index contributed by atoms with van der Waals surface area (Å²) in [5.74, 6) is -0.702. The van der Waals surface area contributed by atoms with Crippen LogP contribution in [-0.4, -0.2) is 35.9 Å². The molecule has 0 bridgehead atoms. The lowest BCUT2D eigenvalue weighted by Gasteiger charge is -2.25. The highest BCUT2D eigenvalue weighted by atomic mass is 32.2. The smallest absolute Gasteiger partial charge is 0.222 e. The van der Waals surface area contributed by atoms with Gasteiger partial charge in [0, 0.05) is 31.2 Å². The Hall–Kier alpha value is -1.10. The lowest BCUT2D eigenvalue weighted by Crippen LogP contribution is -2.34. The van der Waals surface area contributed by atoms with Crippen molar-refractivity contribution in [2.45, 2.75) is 39.0 Å². The van der Waals surface area contributed by atoms with Crippen LogP contribution in [0.4, 0.5) is 8.78 Å². The summed E-state index contributed by atoms with van der Waals surface area (Å²) < 4.78 is 27.3. The molecule has 1 amide bonds. The molecule has 0 spiro atoms. The number of likely N-dealkylation sites (tertiary alicyclic amines) is 1. The van der Waals surface area contributed by atoms with Gasteiger partial charge in [0.1, 0.15) is 0 Å². The zero-order valence-corrected chi connectivity index (χ0v) is 14.4. The monoisotopic (exact) mass is 329 g/mol. The molecule has 1 aromatic rings. The van der Waals surface area contributed by atoms with Crippen molar-refractivity contribution in [2.75, 3.05) is 25.1 Å². The molecule has 2 rings (SSSR count). The van der Waals surface area contributed by atoms with Gasteiger partial charge in [-0.25, -0.2) is 8.78 Å². The molecule has 124 valence electrons. The predicted octanol–water partition coefficient (Wildman–Crippen LogP) is 4.45. The zero-order valence-electron chi connectivity index (χ0n) is 13.6. The number of nitrogens with zero attached hydrogens (tertiary/aromatic N) is 1. The number of benzene rings is 1. The van der Waals surface area contributed by atoms with Gasteiger partial charge < -0.3 is 4.90 Å². The van der Waals surface area contributed by atoms with E-state index in [1.165, 1.54) is 6.07 Å². The third-order valence-corrected chi connectivity index (χ3v) is 4.31. The molecule has 2 nitrogen and oxygen atoms in total. The van der Waals surface area contributed by atoms with Crippen LogP contribution in [0.2, 0.25) is 0 Å². The molecule has 0 unspecified atom stereocenters. The molecule has 5 heteroatoms. The summed E-state index contributed by atoms with van der Waals surface area (Å²) in [5.41, 5.74) is 0.397. The van der Waals surface area contributed by atoms with Gasteiger partial charge in [-0.05, 0) is 30.7 Å². The van der Waals surface area contributed by atoms with E-state index in [0.29, 0.717) is 25.1 Å². The molecule has 22 heavy (non-hydrogen) atoms. The van der Waals surface area contributed by atoms with Crippen molar-refractivity contribution in [3.05, 3.63) is 35.4 Å². The molecule has 1 aliphatic heterocycles. The normalized spacial score (nSPS) is 18.5. The van der Waals surface area contributed by atoms with E-state index in [1.54, 1.807) is 22.7 Å². The van der Waals surface area contributed by atoms with Gasteiger partial charge in [-0.1, -0.05) is 26.0 Å². The van der Waals surface area contributed by atoms with Crippen LogP contribution < -0.4 is 0 Å². The SMILES string of the molecule is CC.CSCCN1C[C@H](c2cccc(F)c2F)CCCC1=O. The van der Waals surface area contributed by atoms with Crippen LogP contribution in [0.25, 0.3) is 0 Å². The fourth-order valence-corrected chi connectivity index (χ4v) is 3.03. The Morgan fingerprint density at radius 1 is 1.32 bits per heavy atom.